The van der Waals surface area contributed by atoms with E-state index >= 15 is 0 Å². The van der Waals surface area contributed by atoms with Crippen LogP contribution in [0.1, 0.15) is 11.3 Å². The lowest BCUT2D eigenvalue weighted by molar-refractivity contribution is -0.146. The van der Waals surface area contributed by atoms with Gasteiger partial charge < -0.3 is 15.2 Å². The maximum absolute atomic E-state index is 11.9. The third-order valence-electron chi connectivity index (χ3n) is 4.04. The average molecular weight is 255 g/mol. The summed E-state index contributed by atoms with van der Waals surface area (Å²) in [7, 11) is 0. The number of fused-ring (bicyclic) bond motifs is 4. The number of hydrogen-bond acceptors (Lipinski definition) is 2. The summed E-state index contributed by atoms with van der Waals surface area (Å²) in [5.74, 6) is -0.0514. The molecule has 2 N–H and O–H groups in total. The summed E-state index contributed by atoms with van der Waals surface area (Å²) >= 11 is 0. The number of carbonyl (C=O) groups excluding carboxylic acids is 2. The normalized spacial score (nSPS) is 22.1. The van der Waals surface area contributed by atoms with Crippen LogP contribution in [-0.4, -0.2) is 34.3 Å². The van der Waals surface area contributed by atoms with Gasteiger partial charge in [-0.3, -0.25) is 9.59 Å². The maximum Gasteiger partial charge on any atom is 0.243 e. The smallest absolute Gasteiger partial charge is 0.243 e. The third-order valence-corrected chi connectivity index (χ3v) is 4.04. The Labute approximate surface area is 109 Å². The Balaban J connectivity index is 1.86. The molecule has 0 bridgehead atoms. The lowest BCUT2D eigenvalue weighted by Gasteiger charge is -2.38. The molecule has 1 saturated heterocycles. The van der Waals surface area contributed by atoms with Gasteiger partial charge in [0.1, 0.15) is 6.04 Å². The van der Waals surface area contributed by atoms with Crippen LogP contribution in [0.3, 0.4) is 0 Å². The molecule has 0 radical (unpaired) electrons. The van der Waals surface area contributed by atoms with Crippen molar-refractivity contribution in [3.05, 3.63) is 35.5 Å². The van der Waals surface area contributed by atoms with Crippen molar-refractivity contribution in [1.29, 1.82) is 0 Å². The Morgan fingerprint density at radius 3 is 2.95 bits per heavy atom. The van der Waals surface area contributed by atoms with Crippen LogP contribution in [0.5, 0.6) is 0 Å². The van der Waals surface area contributed by atoms with Gasteiger partial charge in [0.25, 0.3) is 0 Å². The Morgan fingerprint density at radius 2 is 2.05 bits per heavy atom. The zero-order valence-corrected chi connectivity index (χ0v) is 10.3. The van der Waals surface area contributed by atoms with Crippen molar-refractivity contribution in [3.63, 3.8) is 0 Å². The number of nitrogens with one attached hydrogen (secondary N) is 2. The second kappa shape index (κ2) is 3.60. The zero-order valence-electron chi connectivity index (χ0n) is 10.3. The first-order valence-corrected chi connectivity index (χ1v) is 6.39. The highest BCUT2D eigenvalue weighted by Crippen LogP contribution is 2.30. The van der Waals surface area contributed by atoms with Crippen LogP contribution >= 0.6 is 0 Å². The molecule has 0 saturated carbocycles. The van der Waals surface area contributed by atoms with E-state index in [0.29, 0.717) is 13.0 Å². The standard InChI is InChI=1S/C14H13N3O2/c18-13-6-15-14(19)12-5-9-8-3-1-2-4-10(8)16-11(9)7-17(12)13/h1-4,12,16H,5-7H2,(H,15,19)/t12-/m0/s1. The monoisotopic (exact) mass is 255 g/mol. The number of para-hydroxylation sites is 1. The van der Waals surface area contributed by atoms with Crippen molar-refractivity contribution >= 4 is 22.7 Å². The van der Waals surface area contributed by atoms with E-state index in [2.05, 4.69) is 16.4 Å². The fraction of sp³-hybridized carbons (Fsp3) is 0.286. The number of amides is 2. The van der Waals surface area contributed by atoms with Gasteiger partial charge in [-0.05, 0) is 11.6 Å². The quantitative estimate of drug-likeness (QED) is 0.722. The van der Waals surface area contributed by atoms with Gasteiger partial charge >= 0.3 is 0 Å². The van der Waals surface area contributed by atoms with Crippen LogP contribution in [0.25, 0.3) is 10.9 Å². The highest BCUT2D eigenvalue weighted by atomic mass is 16.2. The summed E-state index contributed by atoms with van der Waals surface area (Å²) in [4.78, 5) is 28.9. The first kappa shape index (κ1) is 10.6. The van der Waals surface area contributed by atoms with Crippen molar-refractivity contribution in [2.45, 2.75) is 19.0 Å². The highest BCUT2D eigenvalue weighted by Gasteiger charge is 2.39. The van der Waals surface area contributed by atoms with E-state index < -0.39 is 0 Å². The Morgan fingerprint density at radius 1 is 1.21 bits per heavy atom. The van der Waals surface area contributed by atoms with Crippen LogP contribution < -0.4 is 5.32 Å². The van der Waals surface area contributed by atoms with Gasteiger partial charge in [0.05, 0.1) is 13.1 Å². The van der Waals surface area contributed by atoms with E-state index in [0.717, 1.165) is 16.6 Å². The second-order valence-electron chi connectivity index (χ2n) is 5.09. The average Bonchev–Trinajstić information content (AvgIpc) is 2.79. The molecule has 0 spiro atoms. The minimum absolute atomic E-state index is 0.00564. The second-order valence-corrected chi connectivity index (χ2v) is 5.09. The van der Waals surface area contributed by atoms with Crippen LogP contribution in [0.2, 0.25) is 0 Å². The topological polar surface area (TPSA) is 65.2 Å². The van der Waals surface area contributed by atoms with E-state index in [4.69, 9.17) is 0 Å². The van der Waals surface area contributed by atoms with Crippen molar-refractivity contribution in [2.75, 3.05) is 6.54 Å². The molecule has 2 aliphatic rings. The number of carbonyl (C=O) groups is 2. The number of H-pyrrole nitrogens is 1. The summed E-state index contributed by atoms with van der Waals surface area (Å²) in [5.41, 5.74) is 3.29. The molecule has 1 fully saturated rings. The molecule has 0 aliphatic carbocycles. The minimum atomic E-state index is -0.354. The predicted molar refractivity (Wildman–Crippen MR) is 69.4 cm³/mol. The Hall–Kier alpha value is -2.30. The van der Waals surface area contributed by atoms with Crippen molar-refractivity contribution in [3.8, 4) is 0 Å². The largest absolute Gasteiger partial charge is 0.357 e. The summed E-state index contributed by atoms with van der Waals surface area (Å²) in [6.45, 7) is 0.617. The molecular weight excluding hydrogens is 242 g/mol. The van der Waals surface area contributed by atoms with Crippen molar-refractivity contribution in [1.82, 2.24) is 15.2 Å². The summed E-state index contributed by atoms with van der Waals surface area (Å²) in [5, 5.41) is 3.82. The predicted octanol–water partition coefficient (Wildman–Crippen LogP) is 0.551. The maximum atomic E-state index is 11.9. The highest BCUT2D eigenvalue weighted by molar-refractivity contribution is 5.96. The summed E-state index contributed by atoms with van der Waals surface area (Å²) in [6, 6.07) is 7.70. The van der Waals surface area contributed by atoms with E-state index in [1.807, 2.05) is 18.2 Å². The fourth-order valence-corrected chi connectivity index (χ4v) is 3.09. The molecule has 1 aromatic heterocycles. The van der Waals surface area contributed by atoms with Crippen molar-refractivity contribution < 1.29 is 9.59 Å². The van der Waals surface area contributed by atoms with Gasteiger partial charge in [-0.15, -0.1) is 0 Å². The number of aromatic nitrogens is 1. The lowest BCUT2D eigenvalue weighted by Crippen LogP contribution is -2.60. The molecule has 3 heterocycles. The van der Waals surface area contributed by atoms with Gasteiger partial charge in [-0.25, -0.2) is 0 Å². The molecule has 1 aromatic carbocycles. The molecule has 2 amide bonds. The number of hydrogen-bond donors (Lipinski definition) is 2. The first-order chi connectivity index (χ1) is 9.24. The van der Waals surface area contributed by atoms with E-state index in [1.165, 1.54) is 5.56 Å². The van der Waals surface area contributed by atoms with Gasteiger partial charge in [-0.2, -0.15) is 0 Å². The SMILES string of the molecule is O=C1NCC(=O)N2Cc3[nH]c4ccccc4c3C[C@@H]12. The van der Waals surface area contributed by atoms with E-state index in [1.54, 1.807) is 4.90 Å². The molecule has 4 rings (SSSR count). The molecule has 2 aromatic rings. The molecule has 2 aliphatic heterocycles. The lowest BCUT2D eigenvalue weighted by atomic mass is 9.95. The fourth-order valence-electron chi connectivity index (χ4n) is 3.09. The summed E-state index contributed by atoms with van der Waals surface area (Å²) in [6.07, 6.45) is 0.594. The molecule has 5 nitrogen and oxygen atoms in total. The van der Waals surface area contributed by atoms with Gasteiger partial charge in [0.2, 0.25) is 11.8 Å². The van der Waals surface area contributed by atoms with Crippen LogP contribution in [-0.2, 0) is 22.6 Å². The summed E-state index contributed by atoms with van der Waals surface area (Å²) < 4.78 is 0. The van der Waals surface area contributed by atoms with Gasteiger partial charge in [0.15, 0.2) is 0 Å². The van der Waals surface area contributed by atoms with E-state index in [-0.39, 0.29) is 24.4 Å². The molecule has 0 unspecified atom stereocenters. The van der Waals surface area contributed by atoms with Gasteiger partial charge in [-0.1, -0.05) is 18.2 Å². The molecule has 5 heteroatoms. The molecular formula is C14H13N3O2. The molecule has 96 valence electrons. The van der Waals surface area contributed by atoms with Crippen LogP contribution in [0.4, 0.5) is 0 Å². The first-order valence-electron chi connectivity index (χ1n) is 6.39. The van der Waals surface area contributed by atoms with Gasteiger partial charge in [0, 0.05) is 23.0 Å². The minimum Gasteiger partial charge on any atom is -0.357 e. The Kier molecular flexibility index (Phi) is 2.01. The van der Waals surface area contributed by atoms with Crippen LogP contribution in [0.15, 0.2) is 24.3 Å². The third kappa shape index (κ3) is 1.41. The number of piperazine rings is 1. The number of benzene rings is 1. The van der Waals surface area contributed by atoms with Crippen molar-refractivity contribution in [2.24, 2.45) is 0 Å². The number of nitrogens with zero attached hydrogens (tertiary/aromatic N) is 1. The van der Waals surface area contributed by atoms with E-state index in [9.17, 15) is 9.59 Å². The number of aromatic amines is 1. The van der Waals surface area contributed by atoms with Crippen LogP contribution in [0, 0.1) is 0 Å². The molecule has 1 atom stereocenters. The number of rotatable bonds is 0. The molecule has 19 heavy (non-hydrogen) atoms. The zero-order chi connectivity index (χ0) is 13.0. The Bertz CT molecular complexity index is 704.